The van der Waals surface area contributed by atoms with Gasteiger partial charge in [-0.05, 0) is 30.5 Å². The number of halogens is 4. The van der Waals surface area contributed by atoms with Gasteiger partial charge in [-0.2, -0.15) is 13.2 Å². The molecule has 0 aromatic heterocycles. The molecule has 0 heterocycles. The van der Waals surface area contributed by atoms with E-state index in [0.29, 0.717) is 16.9 Å². The van der Waals surface area contributed by atoms with E-state index in [9.17, 15) is 18.0 Å². The number of carbonyl (C=O) groups excluding carboxylic acids is 1. The van der Waals surface area contributed by atoms with E-state index in [4.69, 9.17) is 0 Å². The van der Waals surface area contributed by atoms with Gasteiger partial charge >= 0.3 is 6.18 Å². The second-order valence-electron chi connectivity index (χ2n) is 5.38. The Hall–Kier alpha value is -1.04. The van der Waals surface area contributed by atoms with Crippen LogP contribution in [0.5, 0.6) is 0 Å². The van der Waals surface area contributed by atoms with E-state index < -0.39 is 17.6 Å². The molecule has 21 heavy (non-hydrogen) atoms. The van der Waals surface area contributed by atoms with Gasteiger partial charge in [-0.3, -0.25) is 4.79 Å². The van der Waals surface area contributed by atoms with Gasteiger partial charge in [0.25, 0.3) is 5.91 Å². The molecule has 2 nitrogen and oxygen atoms in total. The molecule has 1 aliphatic carbocycles. The van der Waals surface area contributed by atoms with Crippen LogP contribution < -0.4 is 5.32 Å². The molecule has 0 radical (unpaired) electrons. The smallest absolute Gasteiger partial charge is 0.352 e. The molecular formula is C15H17BrF3NO. The summed E-state index contributed by atoms with van der Waals surface area (Å²) in [6.45, 7) is 0.427. The lowest BCUT2D eigenvalue weighted by Gasteiger charge is -2.14. The van der Waals surface area contributed by atoms with Crippen LogP contribution in [0.1, 0.15) is 48.0 Å². The Balaban J connectivity index is 2.01. The van der Waals surface area contributed by atoms with E-state index in [-0.39, 0.29) is 5.56 Å². The summed E-state index contributed by atoms with van der Waals surface area (Å²) in [5, 5.41) is 2.60. The van der Waals surface area contributed by atoms with Crippen molar-refractivity contribution in [3.8, 4) is 0 Å². The van der Waals surface area contributed by atoms with Crippen molar-refractivity contribution >= 4 is 21.8 Å². The first kappa shape index (κ1) is 16.3. The maximum absolute atomic E-state index is 13.0. The first-order valence-electron chi connectivity index (χ1n) is 7.03. The van der Waals surface area contributed by atoms with Gasteiger partial charge in [0.1, 0.15) is 0 Å². The average molecular weight is 364 g/mol. The Kier molecular flexibility index (Phi) is 5.30. The maximum atomic E-state index is 13.0. The Labute approximate surface area is 130 Å². The minimum absolute atomic E-state index is 0.303. The van der Waals surface area contributed by atoms with E-state index in [0.717, 1.165) is 25.3 Å². The molecular weight excluding hydrogens is 347 g/mol. The quantitative estimate of drug-likeness (QED) is 0.819. The molecule has 0 aliphatic heterocycles. The van der Waals surface area contributed by atoms with Crippen molar-refractivity contribution < 1.29 is 18.0 Å². The number of nitrogens with one attached hydrogen (secondary N) is 1. The van der Waals surface area contributed by atoms with Gasteiger partial charge in [-0.15, -0.1) is 0 Å². The number of alkyl halides is 3. The molecule has 2 rings (SSSR count). The topological polar surface area (TPSA) is 29.1 Å². The van der Waals surface area contributed by atoms with Crippen molar-refractivity contribution in [3.63, 3.8) is 0 Å². The van der Waals surface area contributed by atoms with Gasteiger partial charge in [-0.25, -0.2) is 0 Å². The summed E-state index contributed by atoms with van der Waals surface area (Å²) in [6.07, 6.45) is 1.03. The molecule has 0 spiro atoms. The van der Waals surface area contributed by atoms with Crippen molar-refractivity contribution in [2.24, 2.45) is 5.92 Å². The van der Waals surface area contributed by atoms with E-state index in [1.165, 1.54) is 25.0 Å². The SMILES string of the molecule is O=C(NCCC1CCCC1)c1ccc(Br)cc1C(F)(F)F. The van der Waals surface area contributed by atoms with Gasteiger partial charge in [0.15, 0.2) is 0 Å². The molecule has 1 amide bonds. The average Bonchev–Trinajstić information content (AvgIpc) is 2.90. The molecule has 1 fully saturated rings. The maximum Gasteiger partial charge on any atom is 0.417 e. The zero-order valence-corrected chi connectivity index (χ0v) is 13.1. The van der Waals surface area contributed by atoms with Crippen LogP contribution in [0.4, 0.5) is 13.2 Å². The molecule has 116 valence electrons. The van der Waals surface area contributed by atoms with Gasteiger partial charge in [-0.1, -0.05) is 41.6 Å². The van der Waals surface area contributed by atoms with Gasteiger partial charge in [0, 0.05) is 11.0 Å². The molecule has 6 heteroatoms. The second kappa shape index (κ2) is 6.81. The van der Waals surface area contributed by atoms with Crippen molar-refractivity contribution in [3.05, 3.63) is 33.8 Å². The lowest BCUT2D eigenvalue weighted by Crippen LogP contribution is -2.28. The third kappa shape index (κ3) is 4.46. The summed E-state index contributed by atoms with van der Waals surface area (Å²) in [5.74, 6) is -0.0647. The minimum atomic E-state index is -4.54. The van der Waals surface area contributed by atoms with Crippen LogP contribution in [-0.4, -0.2) is 12.5 Å². The highest BCUT2D eigenvalue weighted by Gasteiger charge is 2.35. The minimum Gasteiger partial charge on any atom is -0.352 e. The highest BCUT2D eigenvalue weighted by molar-refractivity contribution is 9.10. The Morgan fingerprint density at radius 1 is 1.29 bits per heavy atom. The lowest BCUT2D eigenvalue weighted by atomic mass is 10.0. The first-order valence-corrected chi connectivity index (χ1v) is 7.82. The molecule has 1 aromatic carbocycles. The van der Waals surface area contributed by atoms with Crippen molar-refractivity contribution in [2.75, 3.05) is 6.54 Å². The monoisotopic (exact) mass is 363 g/mol. The van der Waals surface area contributed by atoms with Gasteiger partial charge in [0.05, 0.1) is 11.1 Å². The van der Waals surface area contributed by atoms with Crippen LogP contribution in [-0.2, 0) is 6.18 Å². The number of rotatable bonds is 4. The normalized spacial score (nSPS) is 16.2. The summed E-state index contributed by atoms with van der Waals surface area (Å²) in [6, 6.07) is 3.59. The number of benzene rings is 1. The van der Waals surface area contributed by atoms with Crippen LogP contribution in [0.25, 0.3) is 0 Å². The van der Waals surface area contributed by atoms with E-state index in [1.54, 1.807) is 0 Å². The largest absolute Gasteiger partial charge is 0.417 e. The summed E-state index contributed by atoms with van der Waals surface area (Å²) in [7, 11) is 0. The first-order chi connectivity index (χ1) is 9.88. The second-order valence-corrected chi connectivity index (χ2v) is 6.30. The highest BCUT2D eigenvalue weighted by atomic mass is 79.9. The van der Waals surface area contributed by atoms with Crippen LogP contribution in [0.3, 0.4) is 0 Å². The predicted molar refractivity (Wildman–Crippen MR) is 78.1 cm³/mol. The van der Waals surface area contributed by atoms with Crippen molar-refractivity contribution in [1.82, 2.24) is 5.32 Å². The standard InChI is InChI=1S/C15H17BrF3NO/c16-11-5-6-12(13(9-11)15(17,18)19)14(21)20-8-7-10-3-1-2-4-10/h5-6,9-10H,1-4,7-8H2,(H,20,21). The fourth-order valence-corrected chi connectivity index (χ4v) is 3.09. The Morgan fingerprint density at radius 2 is 1.95 bits per heavy atom. The molecule has 0 unspecified atom stereocenters. The van der Waals surface area contributed by atoms with Crippen molar-refractivity contribution in [1.29, 1.82) is 0 Å². The Bertz CT molecular complexity index is 510. The third-order valence-corrected chi connectivity index (χ3v) is 4.34. The molecule has 1 N–H and O–H groups in total. The van der Waals surface area contributed by atoms with E-state index in [2.05, 4.69) is 21.2 Å². The van der Waals surface area contributed by atoms with Gasteiger partial charge < -0.3 is 5.32 Å². The molecule has 1 aromatic rings. The summed E-state index contributed by atoms with van der Waals surface area (Å²) in [4.78, 5) is 12.0. The van der Waals surface area contributed by atoms with Crippen LogP contribution >= 0.6 is 15.9 Å². The number of amides is 1. The molecule has 1 aliphatic rings. The highest BCUT2D eigenvalue weighted by Crippen LogP contribution is 2.34. The fourth-order valence-electron chi connectivity index (χ4n) is 2.73. The third-order valence-electron chi connectivity index (χ3n) is 3.84. The molecule has 0 bridgehead atoms. The summed E-state index contributed by atoms with van der Waals surface area (Å²) < 4.78 is 39.2. The van der Waals surface area contributed by atoms with E-state index >= 15 is 0 Å². The fraction of sp³-hybridized carbons (Fsp3) is 0.533. The lowest BCUT2D eigenvalue weighted by molar-refractivity contribution is -0.138. The predicted octanol–water partition coefficient (Wildman–Crippen LogP) is 4.78. The van der Waals surface area contributed by atoms with Gasteiger partial charge in [0.2, 0.25) is 0 Å². The molecule has 0 saturated heterocycles. The summed E-state index contributed by atoms with van der Waals surface area (Å²) in [5.41, 5.74) is -1.23. The summed E-state index contributed by atoms with van der Waals surface area (Å²) >= 11 is 3.00. The van der Waals surface area contributed by atoms with Crippen LogP contribution in [0.2, 0.25) is 0 Å². The molecule has 0 atom stereocenters. The number of hydrogen-bond donors (Lipinski definition) is 1. The van der Waals surface area contributed by atoms with Crippen molar-refractivity contribution in [2.45, 2.75) is 38.3 Å². The zero-order chi connectivity index (χ0) is 15.5. The number of hydrogen-bond acceptors (Lipinski definition) is 1. The van der Waals surface area contributed by atoms with Crippen LogP contribution in [0, 0.1) is 5.92 Å². The molecule has 1 saturated carbocycles. The van der Waals surface area contributed by atoms with Crippen LogP contribution in [0.15, 0.2) is 22.7 Å². The number of carbonyl (C=O) groups is 1. The Morgan fingerprint density at radius 3 is 2.57 bits per heavy atom. The zero-order valence-electron chi connectivity index (χ0n) is 11.5. The van der Waals surface area contributed by atoms with E-state index in [1.807, 2.05) is 0 Å².